The Labute approximate surface area is 123 Å². The molecule has 0 spiro atoms. The molecule has 0 fully saturated rings. The monoisotopic (exact) mass is 279 g/mol. The van der Waals surface area contributed by atoms with Crippen molar-refractivity contribution in [3.8, 4) is 0 Å². The van der Waals surface area contributed by atoms with Crippen molar-refractivity contribution >= 4 is 10.9 Å². The van der Waals surface area contributed by atoms with Crippen molar-refractivity contribution < 1.29 is 0 Å². The Bertz CT molecular complexity index is 867. The molecule has 0 amide bonds. The van der Waals surface area contributed by atoms with Gasteiger partial charge in [-0.15, -0.1) is 0 Å². The van der Waals surface area contributed by atoms with Gasteiger partial charge < -0.3 is 0 Å². The van der Waals surface area contributed by atoms with Gasteiger partial charge in [0.25, 0.3) is 5.56 Å². The fraction of sp³-hybridized carbons (Fsp3) is 0.235. The molecule has 0 aliphatic carbocycles. The molecule has 0 bridgehead atoms. The van der Waals surface area contributed by atoms with E-state index in [1.807, 2.05) is 51.1 Å². The van der Waals surface area contributed by atoms with E-state index in [4.69, 9.17) is 0 Å². The number of fused-ring (bicyclic) bond motifs is 1. The molecule has 0 aliphatic rings. The average Bonchev–Trinajstić information content (AvgIpc) is 2.47. The summed E-state index contributed by atoms with van der Waals surface area (Å²) in [6.45, 7) is 5.92. The molecule has 0 N–H and O–H groups in total. The third-order valence-corrected chi connectivity index (χ3v) is 3.88. The van der Waals surface area contributed by atoms with E-state index in [0.29, 0.717) is 5.39 Å². The maximum atomic E-state index is 12.8. The van der Waals surface area contributed by atoms with Gasteiger partial charge in [-0.05, 0) is 44.0 Å². The van der Waals surface area contributed by atoms with Crippen LogP contribution in [0.2, 0.25) is 0 Å². The van der Waals surface area contributed by atoms with Gasteiger partial charge in [0.2, 0.25) is 0 Å². The van der Waals surface area contributed by atoms with Crippen LogP contribution in [0.3, 0.4) is 0 Å². The van der Waals surface area contributed by atoms with E-state index in [1.165, 1.54) is 0 Å². The minimum Gasteiger partial charge on any atom is -0.290 e. The third-order valence-electron chi connectivity index (χ3n) is 3.88. The van der Waals surface area contributed by atoms with Crippen LogP contribution in [-0.2, 0) is 0 Å². The number of hydrogen-bond acceptors (Lipinski definition) is 3. The predicted octanol–water partition coefficient (Wildman–Crippen LogP) is 3.02. The van der Waals surface area contributed by atoms with E-state index in [2.05, 4.69) is 9.97 Å². The van der Waals surface area contributed by atoms with Crippen molar-refractivity contribution in [1.82, 2.24) is 14.5 Å². The number of pyridine rings is 1. The normalized spacial score (nSPS) is 12.5. The Balaban J connectivity index is 2.22. The Morgan fingerprint density at radius 1 is 1.05 bits per heavy atom. The SMILES string of the molecule is Cc1cccnc1C(C)n1cnc2cccc(C)c2c1=O. The maximum Gasteiger partial charge on any atom is 0.262 e. The van der Waals surface area contributed by atoms with Gasteiger partial charge in [0.1, 0.15) is 0 Å². The second-order valence-corrected chi connectivity index (χ2v) is 5.31. The van der Waals surface area contributed by atoms with Crippen LogP contribution in [0.4, 0.5) is 0 Å². The van der Waals surface area contributed by atoms with Crippen LogP contribution < -0.4 is 5.56 Å². The first kappa shape index (κ1) is 13.5. The summed E-state index contributed by atoms with van der Waals surface area (Å²) >= 11 is 0. The van der Waals surface area contributed by atoms with Crippen LogP contribution in [0.25, 0.3) is 10.9 Å². The lowest BCUT2D eigenvalue weighted by molar-refractivity contribution is 0.589. The molecular weight excluding hydrogens is 262 g/mol. The van der Waals surface area contributed by atoms with E-state index < -0.39 is 0 Å². The Morgan fingerprint density at radius 2 is 1.81 bits per heavy atom. The summed E-state index contributed by atoms with van der Waals surface area (Å²) in [5.74, 6) is 0. The highest BCUT2D eigenvalue weighted by Crippen LogP contribution is 2.19. The lowest BCUT2D eigenvalue weighted by Gasteiger charge is -2.17. The second kappa shape index (κ2) is 5.13. The molecule has 1 unspecified atom stereocenters. The summed E-state index contributed by atoms with van der Waals surface area (Å²) in [6.07, 6.45) is 3.37. The number of rotatable bonds is 2. The fourth-order valence-electron chi connectivity index (χ4n) is 2.69. The van der Waals surface area contributed by atoms with Crippen molar-refractivity contribution in [3.05, 3.63) is 70.0 Å². The minimum absolute atomic E-state index is 0.0179. The van der Waals surface area contributed by atoms with E-state index in [0.717, 1.165) is 22.3 Å². The Morgan fingerprint density at radius 3 is 2.57 bits per heavy atom. The molecule has 1 aromatic carbocycles. The smallest absolute Gasteiger partial charge is 0.262 e. The average molecular weight is 279 g/mol. The highest BCUT2D eigenvalue weighted by molar-refractivity contribution is 5.80. The molecule has 3 aromatic rings. The summed E-state index contributed by atoms with van der Waals surface area (Å²) < 4.78 is 1.66. The Kier molecular flexibility index (Phi) is 3.29. The van der Waals surface area contributed by atoms with Crippen molar-refractivity contribution in [2.45, 2.75) is 26.8 Å². The van der Waals surface area contributed by atoms with Crippen LogP contribution in [0.15, 0.2) is 47.7 Å². The first-order valence-electron chi connectivity index (χ1n) is 6.97. The molecule has 3 rings (SSSR count). The highest BCUT2D eigenvalue weighted by Gasteiger charge is 2.15. The molecular formula is C17H17N3O. The molecule has 2 aromatic heterocycles. The van der Waals surface area contributed by atoms with Crippen LogP contribution in [-0.4, -0.2) is 14.5 Å². The number of hydrogen-bond donors (Lipinski definition) is 0. The molecule has 0 saturated heterocycles. The highest BCUT2D eigenvalue weighted by atomic mass is 16.1. The maximum absolute atomic E-state index is 12.8. The molecule has 1 atom stereocenters. The topological polar surface area (TPSA) is 47.8 Å². The largest absolute Gasteiger partial charge is 0.290 e. The van der Waals surface area contributed by atoms with Crippen LogP contribution in [0.5, 0.6) is 0 Å². The van der Waals surface area contributed by atoms with Gasteiger partial charge >= 0.3 is 0 Å². The van der Waals surface area contributed by atoms with E-state index in [1.54, 1.807) is 17.1 Å². The predicted molar refractivity (Wildman–Crippen MR) is 83.5 cm³/mol. The van der Waals surface area contributed by atoms with Gasteiger partial charge in [0.05, 0.1) is 29.0 Å². The van der Waals surface area contributed by atoms with Gasteiger partial charge in [-0.2, -0.15) is 0 Å². The van der Waals surface area contributed by atoms with Gasteiger partial charge in [-0.25, -0.2) is 4.98 Å². The summed E-state index contributed by atoms with van der Waals surface area (Å²) in [7, 11) is 0. The van der Waals surface area contributed by atoms with Crippen molar-refractivity contribution in [2.24, 2.45) is 0 Å². The lowest BCUT2D eigenvalue weighted by Crippen LogP contribution is -2.25. The van der Waals surface area contributed by atoms with Gasteiger partial charge in [-0.3, -0.25) is 14.3 Å². The molecule has 0 radical (unpaired) electrons. The van der Waals surface area contributed by atoms with Crippen LogP contribution in [0, 0.1) is 13.8 Å². The zero-order chi connectivity index (χ0) is 15.0. The van der Waals surface area contributed by atoms with Gasteiger partial charge in [-0.1, -0.05) is 18.2 Å². The molecule has 106 valence electrons. The first-order chi connectivity index (χ1) is 10.1. The number of nitrogens with zero attached hydrogens (tertiary/aromatic N) is 3. The second-order valence-electron chi connectivity index (χ2n) is 5.31. The summed E-state index contributed by atoms with van der Waals surface area (Å²) in [5.41, 5.74) is 3.64. The Hall–Kier alpha value is -2.49. The molecule has 21 heavy (non-hydrogen) atoms. The van der Waals surface area contributed by atoms with Crippen molar-refractivity contribution in [3.63, 3.8) is 0 Å². The van der Waals surface area contributed by atoms with Crippen LogP contribution in [0.1, 0.15) is 29.8 Å². The zero-order valence-corrected chi connectivity index (χ0v) is 12.4. The third kappa shape index (κ3) is 2.23. The molecule has 2 heterocycles. The van der Waals surface area contributed by atoms with Crippen molar-refractivity contribution in [2.75, 3.05) is 0 Å². The molecule has 4 nitrogen and oxygen atoms in total. The fourth-order valence-corrected chi connectivity index (χ4v) is 2.69. The number of aromatic nitrogens is 3. The molecule has 0 aliphatic heterocycles. The van der Waals surface area contributed by atoms with E-state index in [-0.39, 0.29) is 11.6 Å². The number of aryl methyl sites for hydroxylation is 2. The molecule has 0 saturated carbocycles. The number of benzene rings is 1. The van der Waals surface area contributed by atoms with E-state index in [9.17, 15) is 4.79 Å². The van der Waals surface area contributed by atoms with E-state index >= 15 is 0 Å². The van der Waals surface area contributed by atoms with Gasteiger partial charge in [0, 0.05) is 6.20 Å². The summed E-state index contributed by atoms with van der Waals surface area (Å²) in [4.78, 5) is 21.6. The van der Waals surface area contributed by atoms with Crippen LogP contribution >= 0.6 is 0 Å². The summed E-state index contributed by atoms with van der Waals surface area (Å²) in [6, 6.07) is 9.48. The standard InChI is InChI=1S/C17H17N3O/c1-11-6-4-8-14-15(11)17(21)20(10-19-14)13(3)16-12(2)7-5-9-18-16/h4-10,13H,1-3H3. The van der Waals surface area contributed by atoms with Crippen molar-refractivity contribution in [1.29, 1.82) is 0 Å². The first-order valence-corrected chi connectivity index (χ1v) is 6.97. The lowest BCUT2D eigenvalue weighted by atomic mass is 10.1. The minimum atomic E-state index is -0.143. The molecule has 4 heteroatoms. The summed E-state index contributed by atoms with van der Waals surface area (Å²) in [5, 5.41) is 0.681. The van der Waals surface area contributed by atoms with Gasteiger partial charge in [0.15, 0.2) is 0 Å². The zero-order valence-electron chi connectivity index (χ0n) is 12.4. The quantitative estimate of drug-likeness (QED) is 0.724.